The van der Waals surface area contributed by atoms with Gasteiger partial charge in [-0.15, -0.1) is 10.2 Å². The Balaban J connectivity index is 1.38. The van der Waals surface area contributed by atoms with Crippen molar-refractivity contribution in [2.24, 2.45) is 0 Å². The summed E-state index contributed by atoms with van der Waals surface area (Å²) < 4.78 is 13.2. The number of thioether (sulfide) groups is 1. The maximum atomic E-state index is 12.6. The summed E-state index contributed by atoms with van der Waals surface area (Å²) in [6.45, 7) is 8.25. The number of hydrogen-bond acceptors (Lipinski definition) is 7. The number of carbonyl (C=O) groups excluding carboxylic acids is 1. The Kier molecular flexibility index (Phi) is 7.35. The van der Waals surface area contributed by atoms with Crippen molar-refractivity contribution < 1.29 is 13.9 Å². The normalized spacial score (nSPS) is 18.9. The summed E-state index contributed by atoms with van der Waals surface area (Å²) in [4.78, 5) is 15.0. The zero-order valence-corrected chi connectivity index (χ0v) is 19.3. The first kappa shape index (κ1) is 22.4. The summed E-state index contributed by atoms with van der Waals surface area (Å²) in [5, 5.41) is 12.7. The molecule has 1 saturated carbocycles. The lowest BCUT2D eigenvalue weighted by molar-refractivity contribution is -0.119. The number of rotatable bonds is 8. The van der Waals surface area contributed by atoms with E-state index in [2.05, 4.69) is 38.8 Å². The Hall–Kier alpha value is -1.84. The molecular formula is C22H33N5O3S. The SMILES string of the molecule is CC(C)(CNC(=O)CSc1nnc(-c2ccco2)n1C1CCCCC1)N1CCOCC1. The first-order chi connectivity index (χ1) is 15.0. The van der Waals surface area contributed by atoms with Crippen LogP contribution in [0.3, 0.4) is 0 Å². The van der Waals surface area contributed by atoms with Crippen LogP contribution in [0.5, 0.6) is 0 Å². The molecule has 0 unspecified atom stereocenters. The fraction of sp³-hybridized carbons (Fsp3) is 0.682. The van der Waals surface area contributed by atoms with Gasteiger partial charge >= 0.3 is 0 Å². The summed E-state index contributed by atoms with van der Waals surface area (Å²) >= 11 is 1.46. The van der Waals surface area contributed by atoms with Gasteiger partial charge < -0.3 is 14.5 Å². The van der Waals surface area contributed by atoms with Crippen LogP contribution in [0.1, 0.15) is 52.0 Å². The summed E-state index contributed by atoms with van der Waals surface area (Å²) in [6.07, 6.45) is 7.58. The fourth-order valence-electron chi connectivity index (χ4n) is 4.39. The van der Waals surface area contributed by atoms with Gasteiger partial charge in [0.1, 0.15) is 0 Å². The quantitative estimate of drug-likeness (QED) is 0.621. The minimum Gasteiger partial charge on any atom is -0.461 e. The predicted molar refractivity (Wildman–Crippen MR) is 120 cm³/mol. The lowest BCUT2D eigenvalue weighted by Gasteiger charge is -2.40. The molecule has 0 spiro atoms. The number of ether oxygens (including phenoxy) is 1. The van der Waals surface area contributed by atoms with E-state index in [0.717, 1.165) is 55.9 Å². The number of carbonyl (C=O) groups is 1. The molecule has 1 N–H and O–H groups in total. The van der Waals surface area contributed by atoms with E-state index in [0.29, 0.717) is 18.3 Å². The Morgan fingerprint density at radius 3 is 2.71 bits per heavy atom. The van der Waals surface area contributed by atoms with Crippen LogP contribution in [0.25, 0.3) is 11.6 Å². The van der Waals surface area contributed by atoms with Crippen LogP contribution in [0, 0.1) is 0 Å². The molecule has 1 saturated heterocycles. The van der Waals surface area contributed by atoms with Gasteiger partial charge in [0.25, 0.3) is 0 Å². The fourth-order valence-corrected chi connectivity index (χ4v) is 5.23. The van der Waals surface area contributed by atoms with Crippen LogP contribution >= 0.6 is 11.8 Å². The van der Waals surface area contributed by atoms with E-state index >= 15 is 0 Å². The third kappa shape index (κ3) is 5.51. The second-order valence-corrected chi connectivity index (χ2v) is 9.87. The van der Waals surface area contributed by atoms with Gasteiger partial charge in [0, 0.05) is 31.2 Å². The third-order valence-electron chi connectivity index (χ3n) is 6.26. The Bertz CT molecular complexity index is 839. The van der Waals surface area contributed by atoms with Gasteiger partial charge in [-0.2, -0.15) is 0 Å². The first-order valence-electron chi connectivity index (χ1n) is 11.3. The molecule has 31 heavy (non-hydrogen) atoms. The van der Waals surface area contributed by atoms with Crippen LogP contribution in [-0.4, -0.2) is 69.7 Å². The molecule has 0 aromatic carbocycles. The van der Waals surface area contributed by atoms with Gasteiger partial charge in [0.05, 0.1) is 25.2 Å². The van der Waals surface area contributed by atoms with Crippen molar-refractivity contribution in [3.63, 3.8) is 0 Å². The van der Waals surface area contributed by atoms with Crippen molar-refractivity contribution in [2.45, 2.75) is 62.7 Å². The highest BCUT2D eigenvalue weighted by molar-refractivity contribution is 7.99. The molecule has 8 nitrogen and oxygen atoms in total. The predicted octanol–water partition coefficient (Wildman–Crippen LogP) is 3.36. The van der Waals surface area contributed by atoms with Crippen molar-refractivity contribution in [3.8, 4) is 11.6 Å². The lowest BCUT2D eigenvalue weighted by Crippen LogP contribution is -2.55. The van der Waals surface area contributed by atoms with E-state index in [9.17, 15) is 4.79 Å². The van der Waals surface area contributed by atoms with Crippen LogP contribution in [0.4, 0.5) is 0 Å². The van der Waals surface area contributed by atoms with E-state index in [1.54, 1.807) is 6.26 Å². The molecule has 2 aliphatic rings. The van der Waals surface area contributed by atoms with Crippen molar-refractivity contribution >= 4 is 17.7 Å². The highest BCUT2D eigenvalue weighted by Crippen LogP contribution is 2.35. The maximum absolute atomic E-state index is 12.6. The molecule has 1 amide bonds. The van der Waals surface area contributed by atoms with E-state index in [1.807, 2.05) is 12.1 Å². The molecule has 4 rings (SSSR count). The molecular weight excluding hydrogens is 414 g/mol. The standard InChI is InChI=1S/C22H33N5O3S/c1-22(2,26-10-13-29-14-11-26)16-23-19(28)15-31-21-25-24-20(18-9-6-12-30-18)27(21)17-7-4-3-5-8-17/h6,9,12,17H,3-5,7-8,10-11,13-16H2,1-2H3,(H,23,28). The average Bonchev–Trinajstić information content (AvgIpc) is 3.47. The van der Waals surface area contributed by atoms with E-state index in [1.165, 1.54) is 31.0 Å². The smallest absolute Gasteiger partial charge is 0.230 e. The van der Waals surface area contributed by atoms with Crippen LogP contribution in [-0.2, 0) is 9.53 Å². The van der Waals surface area contributed by atoms with Gasteiger partial charge in [-0.25, -0.2) is 0 Å². The van der Waals surface area contributed by atoms with Crippen LogP contribution in [0.15, 0.2) is 28.0 Å². The van der Waals surface area contributed by atoms with Crippen LogP contribution < -0.4 is 5.32 Å². The molecule has 0 bridgehead atoms. The molecule has 0 radical (unpaired) electrons. The first-order valence-corrected chi connectivity index (χ1v) is 12.2. The molecule has 0 atom stereocenters. The van der Waals surface area contributed by atoms with Crippen molar-refractivity contribution in [1.82, 2.24) is 25.0 Å². The Labute approximate surface area is 188 Å². The second-order valence-electron chi connectivity index (χ2n) is 8.92. The van der Waals surface area contributed by atoms with Crippen molar-refractivity contribution in [1.29, 1.82) is 0 Å². The molecule has 2 aromatic heterocycles. The van der Waals surface area contributed by atoms with Gasteiger partial charge in [-0.05, 0) is 38.8 Å². The summed E-state index contributed by atoms with van der Waals surface area (Å²) in [7, 11) is 0. The largest absolute Gasteiger partial charge is 0.461 e. The molecule has 1 aliphatic heterocycles. The highest BCUT2D eigenvalue weighted by Gasteiger charge is 2.29. The van der Waals surface area contributed by atoms with E-state index < -0.39 is 0 Å². The highest BCUT2D eigenvalue weighted by atomic mass is 32.2. The summed E-state index contributed by atoms with van der Waals surface area (Å²) in [5.74, 6) is 1.82. The van der Waals surface area contributed by atoms with Crippen molar-refractivity contribution in [3.05, 3.63) is 18.4 Å². The average molecular weight is 448 g/mol. The van der Waals surface area contributed by atoms with Gasteiger partial charge in [0.15, 0.2) is 10.9 Å². The van der Waals surface area contributed by atoms with E-state index in [4.69, 9.17) is 9.15 Å². The topological polar surface area (TPSA) is 85.4 Å². The van der Waals surface area contributed by atoms with Gasteiger partial charge in [-0.3, -0.25) is 14.3 Å². The van der Waals surface area contributed by atoms with E-state index in [-0.39, 0.29) is 11.4 Å². The number of hydrogen-bond donors (Lipinski definition) is 1. The maximum Gasteiger partial charge on any atom is 0.230 e. The zero-order valence-electron chi connectivity index (χ0n) is 18.5. The Morgan fingerprint density at radius 2 is 2.00 bits per heavy atom. The number of amides is 1. The van der Waals surface area contributed by atoms with Gasteiger partial charge in [0.2, 0.25) is 11.7 Å². The number of morpholine rings is 1. The van der Waals surface area contributed by atoms with Gasteiger partial charge in [-0.1, -0.05) is 31.0 Å². The number of nitrogens with zero attached hydrogens (tertiary/aromatic N) is 4. The zero-order chi connectivity index (χ0) is 21.7. The van der Waals surface area contributed by atoms with Crippen LogP contribution in [0.2, 0.25) is 0 Å². The van der Waals surface area contributed by atoms with Crippen molar-refractivity contribution in [2.75, 3.05) is 38.6 Å². The second kappa shape index (κ2) is 10.2. The minimum absolute atomic E-state index is 0.0177. The minimum atomic E-state index is -0.0985. The molecule has 170 valence electrons. The monoisotopic (exact) mass is 447 g/mol. The molecule has 2 fully saturated rings. The Morgan fingerprint density at radius 1 is 1.23 bits per heavy atom. The summed E-state index contributed by atoms with van der Waals surface area (Å²) in [5.41, 5.74) is -0.0985. The number of aromatic nitrogens is 3. The lowest BCUT2D eigenvalue weighted by atomic mass is 9.95. The molecule has 9 heteroatoms. The third-order valence-corrected chi connectivity index (χ3v) is 7.21. The number of nitrogens with one attached hydrogen (secondary N) is 1. The molecule has 1 aliphatic carbocycles. The summed E-state index contributed by atoms with van der Waals surface area (Å²) in [6, 6.07) is 4.14. The number of furan rings is 1. The molecule has 2 aromatic rings. The molecule has 3 heterocycles.